The van der Waals surface area contributed by atoms with Gasteiger partial charge in [-0.05, 0) is 53.1 Å². The van der Waals surface area contributed by atoms with Gasteiger partial charge in [-0.1, -0.05) is 12.8 Å². The molecule has 0 rings (SSSR count). The third-order valence-corrected chi connectivity index (χ3v) is 4.00. The number of hydrogen-bond acceptors (Lipinski definition) is 3. The molecule has 132 valence electrons. The first-order chi connectivity index (χ1) is 11.0. The Kier molecular flexibility index (Phi) is 13.1. The lowest BCUT2D eigenvalue weighted by Crippen LogP contribution is -2.35. The van der Waals surface area contributed by atoms with Crippen molar-refractivity contribution in [3.8, 4) is 12.3 Å². The van der Waals surface area contributed by atoms with E-state index in [1.807, 2.05) is 14.0 Å². The molecule has 1 atom stereocenters. The average molecular weight is 322 g/mol. The summed E-state index contributed by atoms with van der Waals surface area (Å²) >= 11 is 0. The van der Waals surface area contributed by atoms with Gasteiger partial charge in [0.15, 0.2) is 5.96 Å². The SMILES string of the molecule is C#CCCCCN=C(N)NCCCCCCN(C)[C@H](C)C(C)=O. The van der Waals surface area contributed by atoms with Crippen LogP contribution in [0.4, 0.5) is 0 Å². The Morgan fingerprint density at radius 2 is 1.96 bits per heavy atom. The maximum absolute atomic E-state index is 11.3. The van der Waals surface area contributed by atoms with Gasteiger partial charge in [-0.3, -0.25) is 14.7 Å². The lowest BCUT2D eigenvalue weighted by molar-refractivity contribution is -0.121. The van der Waals surface area contributed by atoms with E-state index in [2.05, 4.69) is 21.1 Å². The van der Waals surface area contributed by atoms with Crippen LogP contribution in [0.15, 0.2) is 4.99 Å². The van der Waals surface area contributed by atoms with Gasteiger partial charge in [0.2, 0.25) is 0 Å². The summed E-state index contributed by atoms with van der Waals surface area (Å²) in [5, 5.41) is 3.14. The molecule has 0 saturated heterocycles. The molecular weight excluding hydrogens is 288 g/mol. The Balaban J connectivity index is 3.50. The maximum Gasteiger partial charge on any atom is 0.188 e. The lowest BCUT2D eigenvalue weighted by Gasteiger charge is -2.22. The van der Waals surface area contributed by atoms with Crippen molar-refractivity contribution < 1.29 is 4.79 Å². The number of ketones is 1. The summed E-state index contributed by atoms with van der Waals surface area (Å²) in [6.45, 7) is 6.17. The van der Waals surface area contributed by atoms with E-state index < -0.39 is 0 Å². The van der Waals surface area contributed by atoms with Gasteiger partial charge in [-0.2, -0.15) is 0 Å². The number of aliphatic imine (C=N–C) groups is 1. The second-order valence-electron chi connectivity index (χ2n) is 6.04. The monoisotopic (exact) mass is 322 g/mol. The number of carbonyl (C=O) groups excluding carboxylic acids is 1. The molecule has 0 heterocycles. The number of carbonyl (C=O) groups is 1. The third kappa shape index (κ3) is 12.7. The van der Waals surface area contributed by atoms with Crippen molar-refractivity contribution in [3.05, 3.63) is 0 Å². The van der Waals surface area contributed by atoms with E-state index in [0.717, 1.165) is 58.2 Å². The molecule has 0 aromatic rings. The van der Waals surface area contributed by atoms with E-state index in [9.17, 15) is 4.79 Å². The van der Waals surface area contributed by atoms with Crippen molar-refractivity contribution in [1.29, 1.82) is 0 Å². The van der Waals surface area contributed by atoms with Crippen molar-refractivity contribution in [2.45, 2.75) is 64.8 Å². The number of rotatable bonds is 13. The molecule has 0 aliphatic carbocycles. The van der Waals surface area contributed by atoms with Crippen LogP contribution in [0.2, 0.25) is 0 Å². The zero-order valence-corrected chi connectivity index (χ0v) is 15.1. The predicted octanol–water partition coefficient (Wildman–Crippen LogP) is 2.16. The number of likely N-dealkylation sites (N-methyl/N-ethyl adjacent to an activating group) is 1. The summed E-state index contributed by atoms with van der Waals surface area (Å²) in [5.41, 5.74) is 5.79. The second-order valence-corrected chi connectivity index (χ2v) is 6.04. The average Bonchev–Trinajstić information content (AvgIpc) is 2.52. The molecular formula is C18H34N4O. The number of nitrogens with two attached hydrogens (primary N) is 1. The molecule has 0 aliphatic heterocycles. The first-order valence-corrected chi connectivity index (χ1v) is 8.67. The summed E-state index contributed by atoms with van der Waals surface area (Å²) in [4.78, 5) is 17.6. The summed E-state index contributed by atoms with van der Waals surface area (Å²) < 4.78 is 0. The van der Waals surface area contributed by atoms with Crippen molar-refractivity contribution in [3.63, 3.8) is 0 Å². The largest absolute Gasteiger partial charge is 0.370 e. The molecule has 23 heavy (non-hydrogen) atoms. The Morgan fingerprint density at radius 3 is 2.61 bits per heavy atom. The van der Waals surface area contributed by atoms with Gasteiger partial charge in [0.25, 0.3) is 0 Å². The highest BCUT2D eigenvalue weighted by Gasteiger charge is 2.12. The van der Waals surface area contributed by atoms with Gasteiger partial charge in [0.05, 0.1) is 6.04 Å². The first kappa shape index (κ1) is 21.5. The molecule has 5 heteroatoms. The van der Waals surface area contributed by atoms with E-state index in [0.29, 0.717) is 5.96 Å². The number of guanidine groups is 1. The molecule has 0 radical (unpaired) electrons. The van der Waals surface area contributed by atoms with Crippen LogP contribution in [-0.4, -0.2) is 49.4 Å². The first-order valence-electron chi connectivity index (χ1n) is 8.67. The Labute approximate surface area is 142 Å². The third-order valence-electron chi connectivity index (χ3n) is 4.00. The minimum absolute atomic E-state index is 0.0216. The molecule has 0 spiro atoms. The molecule has 0 aliphatic rings. The quantitative estimate of drug-likeness (QED) is 0.236. The van der Waals surface area contributed by atoms with Crippen LogP contribution in [-0.2, 0) is 4.79 Å². The predicted molar refractivity (Wildman–Crippen MR) is 98.4 cm³/mol. The van der Waals surface area contributed by atoms with Crippen molar-refractivity contribution in [2.75, 3.05) is 26.7 Å². The summed E-state index contributed by atoms with van der Waals surface area (Å²) in [6.07, 6.45) is 12.5. The fourth-order valence-electron chi connectivity index (χ4n) is 2.15. The molecule has 0 unspecified atom stereocenters. The number of unbranched alkanes of at least 4 members (excludes halogenated alkanes) is 5. The van der Waals surface area contributed by atoms with E-state index in [1.165, 1.54) is 6.42 Å². The van der Waals surface area contributed by atoms with Gasteiger partial charge in [0, 0.05) is 19.5 Å². The number of terminal acetylenes is 1. The topological polar surface area (TPSA) is 70.7 Å². The van der Waals surface area contributed by atoms with E-state index >= 15 is 0 Å². The standard InChI is InChI=1S/C18H34N4O/c1-5-6-7-10-13-20-18(19)21-14-11-8-9-12-15-22(4)16(2)17(3)23/h1,16H,6-15H2,2-4H3,(H3,19,20,21)/t16-/m1/s1. The zero-order chi connectivity index (χ0) is 17.5. The maximum atomic E-state index is 11.3. The van der Waals surface area contributed by atoms with Crippen molar-refractivity contribution >= 4 is 11.7 Å². The zero-order valence-electron chi connectivity index (χ0n) is 15.1. The van der Waals surface area contributed by atoms with E-state index in [4.69, 9.17) is 12.2 Å². The molecule has 0 aromatic heterocycles. The molecule has 0 bridgehead atoms. The molecule has 0 saturated carbocycles. The van der Waals surface area contributed by atoms with E-state index in [1.54, 1.807) is 6.92 Å². The van der Waals surface area contributed by atoms with Crippen LogP contribution in [0.3, 0.4) is 0 Å². The lowest BCUT2D eigenvalue weighted by atomic mass is 10.1. The van der Waals surface area contributed by atoms with Crippen LogP contribution in [0.5, 0.6) is 0 Å². The molecule has 0 fully saturated rings. The van der Waals surface area contributed by atoms with Gasteiger partial charge in [0.1, 0.15) is 5.78 Å². The van der Waals surface area contributed by atoms with Crippen LogP contribution in [0.1, 0.15) is 58.8 Å². The highest BCUT2D eigenvalue weighted by atomic mass is 16.1. The van der Waals surface area contributed by atoms with Crippen LogP contribution in [0, 0.1) is 12.3 Å². The normalized spacial score (nSPS) is 12.9. The molecule has 3 N–H and O–H groups in total. The summed E-state index contributed by atoms with van der Waals surface area (Å²) in [6, 6.07) is 0.0216. The fraction of sp³-hybridized carbons (Fsp3) is 0.778. The smallest absolute Gasteiger partial charge is 0.188 e. The number of nitrogens with zero attached hydrogens (tertiary/aromatic N) is 2. The molecule has 0 aromatic carbocycles. The highest BCUT2D eigenvalue weighted by molar-refractivity contribution is 5.80. The van der Waals surface area contributed by atoms with Gasteiger partial charge >= 0.3 is 0 Å². The van der Waals surface area contributed by atoms with Crippen LogP contribution in [0.25, 0.3) is 0 Å². The Bertz CT molecular complexity index is 387. The fourth-order valence-corrected chi connectivity index (χ4v) is 2.15. The minimum Gasteiger partial charge on any atom is -0.370 e. The number of nitrogens with one attached hydrogen (secondary N) is 1. The van der Waals surface area contributed by atoms with Gasteiger partial charge < -0.3 is 11.1 Å². The summed E-state index contributed by atoms with van der Waals surface area (Å²) in [5.74, 6) is 3.37. The molecule has 5 nitrogen and oxygen atoms in total. The number of Topliss-reactive ketones (excluding diaryl/α,β-unsaturated/α-hetero) is 1. The highest BCUT2D eigenvalue weighted by Crippen LogP contribution is 2.03. The van der Waals surface area contributed by atoms with Crippen LogP contribution < -0.4 is 11.1 Å². The Hall–Kier alpha value is -1.54. The minimum atomic E-state index is 0.0216. The van der Waals surface area contributed by atoms with E-state index in [-0.39, 0.29) is 11.8 Å². The second kappa shape index (κ2) is 14.1. The van der Waals surface area contributed by atoms with Gasteiger partial charge in [-0.25, -0.2) is 0 Å². The summed E-state index contributed by atoms with van der Waals surface area (Å²) in [7, 11) is 2.01. The van der Waals surface area contributed by atoms with Crippen molar-refractivity contribution in [2.24, 2.45) is 10.7 Å². The van der Waals surface area contributed by atoms with Crippen molar-refractivity contribution in [1.82, 2.24) is 10.2 Å². The molecule has 0 amide bonds. The number of hydrogen-bond donors (Lipinski definition) is 2. The Morgan fingerprint density at radius 1 is 1.26 bits per heavy atom. The van der Waals surface area contributed by atoms with Gasteiger partial charge in [-0.15, -0.1) is 12.3 Å². The van der Waals surface area contributed by atoms with Crippen LogP contribution >= 0.6 is 0 Å².